The lowest BCUT2D eigenvalue weighted by Crippen LogP contribution is -2.39. The highest BCUT2D eigenvalue weighted by Gasteiger charge is 2.34. The van der Waals surface area contributed by atoms with Gasteiger partial charge in [0.25, 0.3) is 0 Å². The average Bonchev–Trinajstić information content (AvgIpc) is 2.96. The molecule has 0 aromatic heterocycles. The fraction of sp³-hybridized carbons (Fsp3) is 0.474. The summed E-state index contributed by atoms with van der Waals surface area (Å²) in [5.41, 5.74) is 5.79. The monoisotopic (exact) mass is 314 g/mol. The van der Waals surface area contributed by atoms with Crippen molar-refractivity contribution < 1.29 is 0 Å². The van der Waals surface area contributed by atoms with Gasteiger partial charge in [-0.2, -0.15) is 0 Å². The van der Waals surface area contributed by atoms with Gasteiger partial charge in [-0.15, -0.1) is 12.3 Å². The summed E-state index contributed by atoms with van der Waals surface area (Å²) in [6, 6.07) is 11.0. The lowest BCUT2D eigenvalue weighted by molar-refractivity contribution is 0.684. The fourth-order valence-electron chi connectivity index (χ4n) is 3.37. The molecule has 0 spiro atoms. The average molecular weight is 315 g/mol. The molecular weight excluding hydrogens is 284 g/mol. The normalized spacial score (nSPS) is 23.6. The Hall–Kier alpha value is -0.866. The second-order valence-corrected chi connectivity index (χ2v) is 17.0. The molecule has 0 saturated heterocycles. The first kappa shape index (κ1) is 16.5. The zero-order valence-corrected chi connectivity index (χ0v) is 16.1. The summed E-state index contributed by atoms with van der Waals surface area (Å²) in [5.74, 6) is 0.803. The number of rotatable bonds is 5. The molecule has 0 N–H and O–H groups in total. The van der Waals surface area contributed by atoms with Crippen LogP contribution in [-0.4, -0.2) is 16.1 Å². The van der Waals surface area contributed by atoms with Crippen LogP contribution in [0.3, 0.4) is 0 Å². The second kappa shape index (κ2) is 6.49. The summed E-state index contributed by atoms with van der Waals surface area (Å²) in [5, 5.41) is 1.54. The zero-order valence-electron chi connectivity index (χ0n) is 14.1. The van der Waals surface area contributed by atoms with E-state index in [0.29, 0.717) is 0 Å². The standard InChI is InChI=1S/C19H30Si2/c1-6-20(2,3)19-13-12-17(16-19)14-15-21(4,5)18-10-8-7-9-11-18/h6-11,14-15,17,19H,1,12-13,16H2,2-5H3/b15-14+. The molecule has 2 heteroatoms. The molecule has 0 nitrogen and oxygen atoms in total. The Morgan fingerprint density at radius 2 is 1.71 bits per heavy atom. The largest absolute Gasteiger partial charge is 0.107 e. The van der Waals surface area contributed by atoms with Gasteiger partial charge in [0, 0.05) is 0 Å². The molecule has 0 amide bonds. The fourth-order valence-corrected chi connectivity index (χ4v) is 7.53. The second-order valence-electron chi connectivity index (χ2n) is 7.74. The Labute approximate surface area is 133 Å². The van der Waals surface area contributed by atoms with Gasteiger partial charge in [-0.1, -0.05) is 79.9 Å². The molecule has 2 rings (SSSR count). The molecule has 1 saturated carbocycles. The summed E-state index contributed by atoms with van der Waals surface area (Å²) in [7, 11) is -2.60. The van der Waals surface area contributed by atoms with Crippen LogP contribution in [-0.2, 0) is 0 Å². The molecule has 2 atom stereocenters. The number of allylic oxidation sites excluding steroid dienone is 1. The van der Waals surface area contributed by atoms with Crippen LogP contribution in [0, 0.1) is 5.92 Å². The molecule has 21 heavy (non-hydrogen) atoms. The van der Waals surface area contributed by atoms with Crippen LogP contribution in [0.5, 0.6) is 0 Å². The lowest BCUT2D eigenvalue weighted by atomic mass is 10.1. The van der Waals surface area contributed by atoms with Gasteiger partial charge in [0.1, 0.15) is 8.07 Å². The summed E-state index contributed by atoms with van der Waals surface area (Å²) in [4.78, 5) is 0. The highest BCUT2D eigenvalue weighted by Crippen LogP contribution is 2.42. The molecule has 1 aromatic carbocycles. The van der Waals surface area contributed by atoms with Crippen molar-refractivity contribution in [3.63, 3.8) is 0 Å². The quantitative estimate of drug-likeness (QED) is 0.647. The maximum absolute atomic E-state index is 4.08. The van der Waals surface area contributed by atoms with E-state index in [1.807, 2.05) is 0 Å². The summed E-state index contributed by atoms with van der Waals surface area (Å²) >= 11 is 0. The van der Waals surface area contributed by atoms with Gasteiger partial charge in [-0.3, -0.25) is 0 Å². The maximum Gasteiger partial charge on any atom is 0.103 e. The van der Waals surface area contributed by atoms with Crippen LogP contribution < -0.4 is 5.19 Å². The van der Waals surface area contributed by atoms with Crippen molar-refractivity contribution >= 4 is 21.3 Å². The third-order valence-corrected chi connectivity index (χ3v) is 11.9. The van der Waals surface area contributed by atoms with Crippen LogP contribution in [0.25, 0.3) is 0 Å². The van der Waals surface area contributed by atoms with Crippen LogP contribution in [0.1, 0.15) is 19.3 Å². The highest BCUT2D eigenvalue weighted by molar-refractivity contribution is 6.93. The summed E-state index contributed by atoms with van der Waals surface area (Å²) in [6.45, 7) is 13.9. The molecule has 0 bridgehead atoms. The molecule has 0 radical (unpaired) electrons. The minimum absolute atomic E-state index is 0.803. The SMILES string of the molecule is C=C[Si](C)(C)C1CCC(/C=C/[Si](C)(C)c2ccccc2)C1. The van der Waals surface area contributed by atoms with E-state index in [9.17, 15) is 0 Å². The predicted molar refractivity (Wildman–Crippen MR) is 101 cm³/mol. The molecule has 1 fully saturated rings. The van der Waals surface area contributed by atoms with E-state index in [4.69, 9.17) is 0 Å². The van der Waals surface area contributed by atoms with Gasteiger partial charge < -0.3 is 0 Å². The van der Waals surface area contributed by atoms with E-state index in [0.717, 1.165) is 11.5 Å². The van der Waals surface area contributed by atoms with Crippen molar-refractivity contribution in [3.05, 3.63) is 54.4 Å². The number of benzene rings is 1. The molecular formula is C19H30Si2. The minimum Gasteiger partial charge on any atom is -0.107 e. The summed E-state index contributed by atoms with van der Waals surface area (Å²) in [6.07, 6.45) is 6.73. The van der Waals surface area contributed by atoms with Crippen molar-refractivity contribution in [2.45, 2.75) is 51.0 Å². The molecule has 0 aliphatic heterocycles. The Bertz CT molecular complexity index is 500. The van der Waals surface area contributed by atoms with Crippen molar-refractivity contribution in [2.75, 3.05) is 0 Å². The van der Waals surface area contributed by atoms with Crippen molar-refractivity contribution in [2.24, 2.45) is 5.92 Å². The van der Waals surface area contributed by atoms with E-state index in [2.05, 4.69) is 80.6 Å². The third-order valence-electron chi connectivity index (χ3n) is 5.35. The first-order chi connectivity index (χ1) is 9.85. The van der Waals surface area contributed by atoms with Gasteiger partial charge in [0.05, 0.1) is 8.07 Å². The lowest BCUT2D eigenvalue weighted by Gasteiger charge is -2.25. The minimum atomic E-state index is -1.41. The van der Waals surface area contributed by atoms with E-state index in [-0.39, 0.29) is 0 Å². The van der Waals surface area contributed by atoms with Crippen LogP contribution in [0.15, 0.2) is 54.4 Å². The predicted octanol–water partition coefficient (Wildman–Crippen LogP) is 5.30. The topological polar surface area (TPSA) is 0 Å². The Balaban J connectivity index is 2.01. The first-order valence-corrected chi connectivity index (χ1v) is 14.5. The van der Waals surface area contributed by atoms with Crippen LogP contribution in [0.2, 0.25) is 31.7 Å². The van der Waals surface area contributed by atoms with E-state index in [1.54, 1.807) is 0 Å². The third kappa shape index (κ3) is 4.07. The first-order valence-electron chi connectivity index (χ1n) is 8.23. The van der Waals surface area contributed by atoms with Gasteiger partial charge >= 0.3 is 0 Å². The smallest absolute Gasteiger partial charge is 0.103 e. The molecule has 1 aromatic rings. The summed E-state index contributed by atoms with van der Waals surface area (Å²) < 4.78 is 0. The molecule has 2 unspecified atom stereocenters. The highest BCUT2D eigenvalue weighted by atomic mass is 28.3. The van der Waals surface area contributed by atoms with Gasteiger partial charge in [-0.25, -0.2) is 0 Å². The molecule has 1 aliphatic carbocycles. The van der Waals surface area contributed by atoms with Crippen molar-refractivity contribution in [1.82, 2.24) is 0 Å². The van der Waals surface area contributed by atoms with Crippen LogP contribution in [0.4, 0.5) is 0 Å². The molecule has 1 aliphatic rings. The Kier molecular flexibility index (Phi) is 5.10. The van der Waals surface area contributed by atoms with Crippen molar-refractivity contribution in [3.8, 4) is 0 Å². The van der Waals surface area contributed by atoms with E-state index >= 15 is 0 Å². The molecule has 0 heterocycles. The number of hydrogen-bond acceptors (Lipinski definition) is 0. The number of hydrogen-bond donors (Lipinski definition) is 0. The van der Waals surface area contributed by atoms with Gasteiger partial charge in [0.15, 0.2) is 0 Å². The Morgan fingerprint density at radius 3 is 2.33 bits per heavy atom. The Morgan fingerprint density at radius 1 is 1.05 bits per heavy atom. The maximum atomic E-state index is 4.08. The zero-order chi connectivity index (χ0) is 15.5. The van der Waals surface area contributed by atoms with Crippen molar-refractivity contribution in [1.29, 1.82) is 0 Å². The van der Waals surface area contributed by atoms with Gasteiger partial charge in [0.2, 0.25) is 0 Å². The van der Waals surface area contributed by atoms with Crippen LogP contribution >= 0.6 is 0 Å². The molecule has 114 valence electrons. The van der Waals surface area contributed by atoms with Gasteiger partial charge in [-0.05, 0) is 24.3 Å². The van der Waals surface area contributed by atoms with E-state index in [1.165, 1.54) is 24.4 Å². The van der Waals surface area contributed by atoms with E-state index < -0.39 is 16.1 Å².